The first-order valence-electron chi connectivity index (χ1n) is 2.62. The van der Waals surface area contributed by atoms with Crippen molar-refractivity contribution >= 4 is 13.9 Å². The van der Waals surface area contributed by atoms with Crippen molar-refractivity contribution in [1.82, 2.24) is 4.98 Å². The van der Waals surface area contributed by atoms with E-state index < -0.39 is 8.18 Å². The average molecular weight is 157 g/mol. The lowest BCUT2D eigenvalue weighted by Gasteiger charge is -1.87. The second-order valence-corrected chi connectivity index (χ2v) is 2.39. The molecule has 0 bridgehead atoms. The van der Waals surface area contributed by atoms with Gasteiger partial charge >= 0.3 is 8.18 Å². The van der Waals surface area contributed by atoms with E-state index in [4.69, 9.17) is 4.89 Å². The summed E-state index contributed by atoms with van der Waals surface area (Å²) in [5.74, 6) is 0. The second-order valence-electron chi connectivity index (χ2n) is 1.62. The third-order valence-electron chi connectivity index (χ3n) is 0.905. The predicted molar refractivity (Wildman–Crippen MR) is 37.7 cm³/mol. The molecule has 2 N–H and O–H groups in total. The largest absolute Gasteiger partial charge is 0.640 e. The van der Waals surface area contributed by atoms with Gasteiger partial charge in [0.05, 0.1) is 5.69 Å². The van der Waals surface area contributed by atoms with Gasteiger partial charge in [-0.1, -0.05) is 0 Å². The van der Waals surface area contributed by atoms with Crippen LogP contribution in [-0.4, -0.2) is 9.88 Å². The standard InChI is InChI=1S/C5H5N2O2P/c8-10(9)7-5-1-3-6-4-2-5/h1-4H,(H-,6,7,8,9)/p+1. The van der Waals surface area contributed by atoms with Crippen LogP contribution in [0.3, 0.4) is 0 Å². The number of hydrogen-bond acceptors (Lipinski definition) is 2. The molecule has 0 spiro atoms. The number of nitrogens with zero attached hydrogens (tertiary/aromatic N) is 1. The Balaban J connectivity index is 2.67. The maximum atomic E-state index is 10.2. The smallest absolute Gasteiger partial charge is 0.265 e. The van der Waals surface area contributed by atoms with Gasteiger partial charge < -0.3 is 0 Å². The van der Waals surface area contributed by atoms with Crippen molar-refractivity contribution in [2.45, 2.75) is 0 Å². The van der Waals surface area contributed by atoms with E-state index in [0.29, 0.717) is 5.69 Å². The van der Waals surface area contributed by atoms with Gasteiger partial charge in [-0.2, -0.15) is 5.09 Å². The van der Waals surface area contributed by atoms with Gasteiger partial charge in [-0.15, -0.1) is 4.89 Å². The van der Waals surface area contributed by atoms with Crippen molar-refractivity contribution in [1.29, 1.82) is 0 Å². The molecule has 1 aromatic rings. The second kappa shape index (κ2) is 3.25. The first-order valence-corrected chi connectivity index (χ1v) is 3.83. The van der Waals surface area contributed by atoms with Crippen LogP contribution < -0.4 is 5.09 Å². The molecule has 0 aliphatic rings. The Morgan fingerprint density at radius 2 is 2.10 bits per heavy atom. The first-order chi connectivity index (χ1) is 4.79. The Kier molecular flexibility index (Phi) is 2.31. The normalized spacial score (nSPS) is 10.7. The summed E-state index contributed by atoms with van der Waals surface area (Å²) in [5.41, 5.74) is 0.596. The summed E-state index contributed by atoms with van der Waals surface area (Å²) >= 11 is 0. The topological polar surface area (TPSA) is 62.2 Å². The van der Waals surface area contributed by atoms with Gasteiger partial charge in [-0.05, 0) is 16.7 Å². The molecule has 4 nitrogen and oxygen atoms in total. The van der Waals surface area contributed by atoms with Gasteiger partial charge in [-0.25, -0.2) is 0 Å². The summed E-state index contributed by atoms with van der Waals surface area (Å²) in [7, 11) is -2.30. The Hall–Kier alpha value is -0.990. The Morgan fingerprint density at radius 3 is 2.60 bits per heavy atom. The summed E-state index contributed by atoms with van der Waals surface area (Å²) in [5, 5.41) is 2.33. The van der Waals surface area contributed by atoms with E-state index >= 15 is 0 Å². The van der Waals surface area contributed by atoms with Crippen molar-refractivity contribution in [3.8, 4) is 0 Å². The molecule has 1 aromatic heterocycles. The Morgan fingerprint density at radius 1 is 1.50 bits per heavy atom. The van der Waals surface area contributed by atoms with Crippen molar-refractivity contribution in [2.75, 3.05) is 5.09 Å². The molecule has 1 unspecified atom stereocenters. The lowest BCUT2D eigenvalue weighted by Crippen LogP contribution is -1.83. The lowest BCUT2D eigenvalue weighted by molar-refractivity contribution is 0.508. The highest BCUT2D eigenvalue weighted by atomic mass is 31.1. The molecule has 0 fully saturated rings. The summed E-state index contributed by atoms with van der Waals surface area (Å²) in [6.07, 6.45) is 3.09. The molecule has 0 saturated heterocycles. The minimum Gasteiger partial charge on any atom is -0.265 e. The highest BCUT2D eigenvalue weighted by Crippen LogP contribution is 2.17. The minimum absolute atomic E-state index is 0.596. The average Bonchev–Trinajstić information content (AvgIpc) is 1.88. The van der Waals surface area contributed by atoms with Gasteiger partial charge in [0, 0.05) is 12.4 Å². The van der Waals surface area contributed by atoms with Crippen LogP contribution in [0.4, 0.5) is 5.69 Å². The molecule has 0 aliphatic carbocycles. The maximum absolute atomic E-state index is 10.2. The molecule has 5 heteroatoms. The highest BCUT2D eigenvalue weighted by Gasteiger charge is 2.07. The van der Waals surface area contributed by atoms with Gasteiger partial charge in [0.15, 0.2) is 0 Å². The van der Waals surface area contributed by atoms with Crippen LogP contribution >= 0.6 is 8.18 Å². The molecule has 0 radical (unpaired) electrons. The third kappa shape index (κ3) is 2.09. The monoisotopic (exact) mass is 157 g/mol. The first kappa shape index (κ1) is 7.12. The molecular weight excluding hydrogens is 151 g/mol. The molecule has 0 saturated carbocycles. The van der Waals surface area contributed by atoms with E-state index in [-0.39, 0.29) is 0 Å². The Bertz CT molecular complexity index is 226. The van der Waals surface area contributed by atoms with Gasteiger partial charge in [-0.3, -0.25) is 4.98 Å². The number of pyridine rings is 1. The van der Waals surface area contributed by atoms with Crippen molar-refractivity contribution < 1.29 is 9.46 Å². The van der Waals surface area contributed by atoms with Crippen molar-refractivity contribution in [3.63, 3.8) is 0 Å². The predicted octanol–water partition coefficient (Wildman–Crippen LogP) is 1.14. The summed E-state index contributed by atoms with van der Waals surface area (Å²) in [6.45, 7) is 0. The van der Waals surface area contributed by atoms with Crippen LogP contribution in [0.15, 0.2) is 24.5 Å². The molecule has 1 atom stereocenters. The summed E-state index contributed by atoms with van der Waals surface area (Å²) in [4.78, 5) is 12.1. The molecule has 1 heterocycles. The third-order valence-corrected chi connectivity index (χ3v) is 1.35. The fraction of sp³-hybridized carbons (Fsp3) is 0. The SMILES string of the molecule is O=[P+](O)Nc1ccncc1. The van der Waals surface area contributed by atoms with Gasteiger partial charge in [0.2, 0.25) is 0 Å². The lowest BCUT2D eigenvalue weighted by atomic mass is 10.4. The van der Waals surface area contributed by atoms with Crippen LogP contribution in [-0.2, 0) is 4.57 Å². The Labute approximate surface area is 58.8 Å². The number of nitrogens with one attached hydrogen (secondary N) is 1. The van der Waals surface area contributed by atoms with Crippen molar-refractivity contribution in [3.05, 3.63) is 24.5 Å². The fourth-order valence-electron chi connectivity index (χ4n) is 0.537. The molecule has 1 rings (SSSR count). The zero-order valence-corrected chi connectivity index (χ0v) is 5.95. The summed E-state index contributed by atoms with van der Waals surface area (Å²) in [6, 6.07) is 3.23. The van der Waals surface area contributed by atoms with Gasteiger partial charge in [0.1, 0.15) is 0 Å². The number of aromatic nitrogens is 1. The molecule has 0 aliphatic heterocycles. The van der Waals surface area contributed by atoms with E-state index in [2.05, 4.69) is 10.1 Å². The highest BCUT2D eigenvalue weighted by molar-refractivity contribution is 7.39. The zero-order chi connectivity index (χ0) is 7.40. The maximum Gasteiger partial charge on any atom is 0.640 e. The quantitative estimate of drug-likeness (QED) is 0.632. The molecule has 0 amide bonds. The van der Waals surface area contributed by atoms with E-state index in [1.807, 2.05) is 0 Å². The number of hydrogen-bond donors (Lipinski definition) is 2. The molecule has 52 valence electrons. The minimum atomic E-state index is -2.30. The van der Waals surface area contributed by atoms with Crippen molar-refractivity contribution in [2.24, 2.45) is 0 Å². The number of rotatable bonds is 2. The molecular formula is C5H6N2O2P+. The fourth-order valence-corrected chi connectivity index (χ4v) is 0.907. The molecule has 0 aromatic carbocycles. The van der Waals surface area contributed by atoms with Crippen LogP contribution in [0.25, 0.3) is 0 Å². The van der Waals surface area contributed by atoms with Gasteiger partial charge in [0.25, 0.3) is 0 Å². The number of anilines is 1. The van der Waals surface area contributed by atoms with Crippen LogP contribution in [0, 0.1) is 0 Å². The van der Waals surface area contributed by atoms with E-state index in [0.717, 1.165) is 0 Å². The van der Waals surface area contributed by atoms with E-state index in [1.54, 1.807) is 24.5 Å². The van der Waals surface area contributed by atoms with E-state index in [9.17, 15) is 4.57 Å². The van der Waals surface area contributed by atoms with E-state index in [1.165, 1.54) is 0 Å². The van der Waals surface area contributed by atoms with Crippen LogP contribution in [0.2, 0.25) is 0 Å². The zero-order valence-electron chi connectivity index (χ0n) is 5.06. The molecule has 10 heavy (non-hydrogen) atoms. The van der Waals surface area contributed by atoms with Crippen LogP contribution in [0.5, 0.6) is 0 Å². The van der Waals surface area contributed by atoms with Crippen LogP contribution in [0.1, 0.15) is 0 Å². The summed E-state index contributed by atoms with van der Waals surface area (Å²) < 4.78 is 10.2.